The Bertz CT molecular complexity index is 1820. The number of aliphatic hydroxyl groups excluding tert-OH is 1. The van der Waals surface area contributed by atoms with Crippen molar-refractivity contribution in [3.63, 3.8) is 0 Å². The maximum Gasteiger partial charge on any atom is 0.472 e. The van der Waals surface area contributed by atoms with Gasteiger partial charge in [-0.3, -0.25) is 37.3 Å². The van der Waals surface area contributed by atoms with Gasteiger partial charge in [-0.05, 0) is 31.6 Å². The van der Waals surface area contributed by atoms with Crippen LogP contribution in [0.4, 0.5) is 0 Å². The van der Waals surface area contributed by atoms with Gasteiger partial charge in [0.05, 0.1) is 26.4 Å². The second-order valence-corrected chi connectivity index (χ2v) is 30.8. The average Bonchev–Trinajstić information content (AvgIpc) is 1.49. The van der Waals surface area contributed by atoms with E-state index in [9.17, 15) is 43.2 Å². The Labute approximate surface area is 581 Å². The molecule has 0 aromatic carbocycles. The largest absolute Gasteiger partial charge is 0.472 e. The third-order valence-electron chi connectivity index (χ3n) is 17.8. The van der Waals surface area contributed by atoms with Crippen LogP contribution in [0.15, 0.2) is 0 Å². The van der Waals surface area contributed by atoms with Crippen molar-refractivity contribution in [3.05, 3.63) is 0 Å². The summed E-state index contributed by atoms with van der Waals surface area (Å²) < 4.78 is 68.4. The summed E-state index contributed by atoms with van der Waals surface area (Å²) in [4.78, 5) is 72.6. The van der Waals surface area contributed by atoms with Crippen LogP contribution in [0.3, 0.4) is 0 Å². The molecule has 0 radical (unpaired) electrons. The maximum atomic E-state index is 13.1. The van der Waals surface area contributed by atoms with Crippen molar-refractivity contribution < 1.29 is 80.2 Å². The molecule has 0 aromatic heterocycles. The first kappa shape index (κ1) is 93.1. The van der Waals surface area contributed by atoms with Gasteiger partial charge in [0.1, 0.15) is 19.3 Å². The van der Waals surface area contributed by atoms with Crippen molar-refractivity contribution in [1.29, 1.82) is 0 Å². The average molecular weight is 1400 g/mol. The molecule has 0 fully saturated rings. The summed E-state index contributed by atoms with van der Waals surface area (Å²) in [5, 5.41) is 10.6. The standard InChI is InChI=1S/C76H148O17P2/c1-6-9-12-15-18-21-22-23-24-25-26-27-28-29-30-33-37-42-47-52-57-62-76(81)93-72(66-87-74(79)60-55-50-45-41-36-34-31-32-35-40-43-48-53-58-69(4)5)68-91-95(84,85)89-64-70(77)63-88-94(82,83)90-67-71(92-75(80)61-56-51-46-39-20-17-14-11-8-3)65-86-73(78)59-54-49-44-38-19-16-13-10-7-2/h69-72,77H,6-68H2,1-5H3,(H,82,83)(H,84,85)/t70-,71+,72+/m0/s1. The molecule has 0 spiro atoms. The molecule has 0 aliphatic heterocycles. The minimum Gasteiger partial charge on any atom is -0.462 e. The summed E-state index contributed by atoms with van der Waals surface area (Å²) in [5.74, 6) is -1.33. The van der Waals surface area contributed by atoms with Crippen LogP contribution in [0, 0.1) is 5.92 Å². The lowest BCUT2D eigenvalue weighted by atomic mass is 10.0. The van der Waals surface area contributed by atoms with E-state index in [-0.39, 0.29) is 25.7 Å². The van der Waals surface area contributed by atoms with Crippen LogP contribution in [-0.4, -0.2) is 96.7 Å². The third-order valence-corrected chi connectivity index (χ3v) is 19.7. The zero-order valence-electron chi connectivity index (χ0n) is 61.8. The molecule has 5 atom stereocenters. The molecule has 0 heterocycles. The van der Waals surface area contributed by atoms with Gasteiger partial charge in [-0.1, -0.05) is 349 Å². The Kier molecular flexibility index (Phi) is 67.7. The number of carbonyl (C=O) groups excluding carboxylic acids is 4. The number of ether oxygens (including phenoxy) is 4. The predicted molar refractivity (Wildman–Crippen MR) is 386 cm³/mol. The molecule has 0 aromatic rings. The first-order valence-electron chi connectivity index (χ1n) is 39.6. The van der Waals surface area contributed by atoms with Crippen LogP contribution in [-0.2, 0) is 65.4 Å². The summed E-state index contributed by atoms with van der Waals surface area (Å²) in [6.45, 7) is 7.27. The van der Waals surface area contributed by atoms with Crippen LogP contribution in [0.2, 0.25) is 0 Å². The fourth-order valence-electron chi connectivity index (χ4n) is 11.7. The smallest absolute Gasteiger partial charge is 0.462 e. The van der Waals surface area contributed by atoms with Crippen LogP contribution >= 0.6 is 15.6 Å². The number of aliphatic hydroxyl groups is 1. The zero-order chi connectivity index (χ0) is 69.8. The SMILES string of the molecule is CCCCCCCCCCCCCCCCCCCCCCCC(=O)O[C@H](COC(=O)CCCCCCCCCCCCCCCC(C)C)COP(=O)(O)OC[C@@H](O)COP(=O)(O)OC[C@@H](COC(=O)CCCCCCCCCCC)OC(=O)CCCCCCCCCCC. The number of phosphoric ester groups is 2. The lowest BCUT2D eigenvalue weighted by Gasteiger charge is -2.21. The molecule has 95 heavy (non-hydrogen) atoms. The molecule has 19 heteroatoms. The Morgan fingerprint density at radius 1 is 0.284 bits per heavy atom. The number of carbonyl (C=O) groups is 4. The highest BCUT2D eigenvalue weighted by Gasteiger charge is 2.30. The molecule has 0 saturated heterocycles. The van der Waals surface area contributed by atoms with Gasteiger partial charge in [-0.2, -0.15) is 0 Å². The molecular weight excluding hydrogens is 1250 g/mol. The number of rotatable bonds is 76. The zero-order valence-corrected chi connectivity index (χ0v) is 63.6. The summed E-state index contributed by atoms with van der Waals surface area (Å²) in [6.07, 6.45) is 58.4. The van der Waals surface area contributed by atoms with Crippen LogP contribution in [0.25, 0.3) is 0 Å². The van der Waals surface area contributed by atoms with Gasteiger partial charge < -0.3 is 33.8 Å². The van der Waals surface area contributed by atoms with Crippen molar-refractivity contribution in [1.82, 2.24) is 0 Å². The monoisotopic (exact) mass is 1400 g/mol. The summed E-state index contributed by atoms with van der Waals surface area (Å²) in [6, 6.07) is 0. The fourth-order valence-corrected chi connectivity index (χ4v) is 13.3. The Balaban J connectivity index is 5.17. The molecule has 2 unspecified atom stereocenters. The van der Waals surface area contributed by atoms with Crippen molar-refractivity contribution in [2.45, 2.75) is 419 Å². The lowest BCUT2D eigenvalue weighted by molar-refractivity contribution is -0.161. The molecule has 0 bridgehead atoms. The summed E-state index contributed by atoms with van der Waals surface area (Å²) in [7, 11) is -9.90. The minimum absolute atomic E-state index is 0.106. The van der Waals surface area contributed by atoms with E-state index in [1.165, 1.54) is 225 Å². The molecule has 0 amide bonds. The van der Waals surface area contributed by atoms with E-state index in [2.05, 4.69) is 34.6 Å². The van der Waals surface area contributed by atoms with Gasteiger partial charge in [0, 0.05) is 25.7 Å². The fraction of sp³-hybridized carbons (Fsp3) is 0.947. The van der Waals surface area contributed by atoms with E-state index in [1.807, 2.05) is 0 Å². The normalized spacial score (nSPS) is 13.9. The topological polar surface area (TPSA) is 237 Å². The quantitative estimate of drug-likeness (QED) is 0.0222. The van der Waals surface area contributed by atoms with E-state index in [0.717, 1.165) is 95.8 Å². The van der Waals surface area contributed by atoms with E-state index < -0.39 is 97.5 Å². The molecule has 0 aliphatic rings. The Morgan fingerprint density at radius 3 is 0.716 bits per heavy atom. The highest BCUT2D eigenvalue weighted by Crippen LogP contribution is 2.45. The Hall–Kier alpha value is -1.94. The molecule has 0 rings (SSSR count). The van der Waals surface area contributed by atoms with Crippen molar-refractivity contribution in [3.8, 4) is 0 Å². The van der Waals surface area contributed by atoms with E-state index >= 15 is 0 Å². The predicted octanol–water partition coefficient (Wildman–Crippen LogP) is 22.5. The van der Waals surface area contributed by atoms with E-state index in [0.29, 0.717) is 25.7 Å². The number of hydrogen-bond donors (Lipinski definition) is 3. The van der Waals surface area contributed by atoms with Crippen molar-refractivity contribution in [2.75, 3.05) is 39.6 Å². The minimum atomic E-state index is -4.96. The molecule has 564 valence electrons. The Morgan fingerprint density at radius 2 is 0.484 bits per heavy atom. The molecular formula is C76H148O17P2. The summed E-state index contributed by atoms with van der Waals surface area (Å²) in [5.41, 5.74) is 0. The van der Waals surface area contributed by atoms with Gasteiger partial charge in [-0.25, -0.2) is 9.13 Å². The van der Waals surface area contributed by atoms with Crippen LogP contribution in [0.5, 0.6) is 0 Å². The van der Waals surface area contributed by atoms with Gasteiger partial charge in [-0.15, -0.1) is 0 Å². The van der Waals surface area contributed by atoms with Gasteiger partial charge >= 0.3 is 39.5 Å². The molecule has 3 N–H and O–H groups in total. The van der Waals surface area contributed by atoms with Crippen LogP contribution < -0.4 is 0 Å². The number of phosphoric acid groups is 2. The molecule has 0 aliphatic carbocycles. The second kappa shape index (κ2) is 69.2. The lowest BCUT2D eigenvalue weighted by Crippen LogP contribution is -2.30. The van der Waals surface area contributed by atoms with E-state index in [1.54, 1.807) is 0 Å². The highest BCUT2D eigenvalue weighted by atomic mass is 31.2. The number of hydrogen-bond acceptors (Lipinski definition) is 15. The van der Waals surface area contributed by atoms with Crippen LogP contribution in [0.1, 0.15) is 401 Å². The third kappa shape index (κ3) is 70.3. The van der Waals surface area contributed by atoms with Gasteiger partial charge in [0.2, 0.25) is 0 Å². The maximum absolute atomic E-state index is 13.1. The molecule has 17 nitrogen and oxygen atoms in total. The first-order chi connectivity index (χ1) is 46.0. The highest BCUT2D eigenvalue weighted by molar-refractivity contribution is 7.47. The number of esters is 4. The second-order valence-electron chi connectivity index (χ2n) is 27.9. The van der Waals surface area contributed by atoms with Gasteiger partial charge in [0.25, 0.3) is 0 Å². The molecule has 0 saturated carbocycles. The van der Waals surface area contributed by atoms with Crippen molar-refractivity contribution >= 4 is 39.5 Å². The van der Waals surface area contributed by atoms with Gasteiger partial charge in [0.15, 0.2) is 12.2 Å². The van der Waals surface area contributed by atoms with Crippen molar-refractivity contribution in [2.24, 2.45) is 5.92 Å². The van der Waals surface area contributed by atoms with E-state index in [4.69, 9.17) is 37.0 Å². The summed E-state index contributed by atoms with van der Waals surface area (Å²) >= 11 is 0. The number of unbranched alkanes of at least 4 members (excludes halogenated alkanes) is 48. The first-order valence-corrected chi connectivity index (χ1v) is 42.6.